The molecule has 0 spiro atoms. The Balaban J connectivity index is 1.41. The Labute approximate surface area is 193 Å². The average Bonchev–Trinajstić information content (AvgIpc) is 3.30. The molecule has 2 aromatic heterocycles. The van der Waals surface area contributed by atoms with E-state index in [1.165, 1.54) is 23.3 Å². The summed E-state index contributed by atoms with van der Waals surface area (Å²) in [5.74, 6) is 0.109. The third-order valence-corrected chi connectivity index (χ3v) is 6.55. The fraction of sp³-hybridized carbons (Fsp3) is 0.214. The standard InChI is InChI=1S/C28H27FN4/c1-19-3-5-21(6-4-19)20(2)33-17-13-24(14-18-33)28-26(22-11-15-30-16-12-22)27(31-32-28)23-7-9-25(29)10-8-23/h3-12,15-16,24H,2,13-14,17-18H2,1H3,(H,31,32). The van der Waals surface area contributed by atoms with Crippen molar-refractivity contribution in [2.24, 2.45) is 0 Å². The first kappa shape index (κ1) is 21.1. The molecule has 5 rings (SSSR count). The zero-order valence-corrected chi connectivity index (χ0v) is 18.8. The fourth-order valence-corrected chi connectivity index (χ4v) is 4.64. The third-order valence-electron chi connectivity index (χ3n) is 6.55. The van der Waals surface area contributed by atoms with E-state index in [2.05, 4.69) is 57.8 Å². The van der Waals surface area contributed by atoms with Crippen LogP contribution in [0.1, 0.15) is 35.6 Å². The predicted octanol–water partition coefficient (Wildman–Crippen LogP) is 6.44. The summed E-state index contributed by atoms with van der Waals surface area (Å²) in [4.78, 5) is 6.56. The molecule has 0 bridgehead atoms. The van der Waals surface area contributed by atoms with Crippen molar-refractivity contribution in [1.82, 2.24) is 20.1 Å². The molecule has 0 aliphatic carbocycles. The molecular formula is C28H27FN4. The Bertz CT molecular complexity index is 1240. The smallest absolute Gasteiger partial charge is 0.123 e. The van der Waals surface area contributed by atoms with Crippen LogP contribution in [-0.2, 0) is 0 Å². The Morgan fingerprint density at radius 3 is 2.27 bits per heavy atom. The highest BCUT2D eigenvalue weighted by molar-refractivity contribution is 5.82. The Morgan fingerprint density at radius 2 is 1.61 bits per heavy atom. The molecule has 1 aliphatic rings. The normalized spacial score (nSPS) is 14.4. The van der Waals surface area contributed by atoms with Gasteiger partial charge in [-0.25, -0.2) is 4.39 Å². The summed E-state index contributed by atoms with van der Waals surface area (Å²) in [6.07, 6.45) is 5.62. The third kappa shape index (κ3) is 4.31. The molecule has 0 radical (unpaired) electrons. The minimum Gasteiger partial charge on any atom is -0.371 e. The lowest BCUT2D eigenvalue weighted by Gasteiger charge is -2.35. The van der Waals surface area contributed by atoms with Crippen LogP contribution >= 0.6 is 0 Å². The summed E-state index contributed by atoms with van der Waals surface area (Å²) < 4.78 is 13.5. The van der Waals surface area contributed by atoms with Crippen molar-refractivity contribution in [3.05, 3.63) is 102 Å². The minimum atomic E-state index is -0.249. The number of aryl methyl sites for hydroxylation is 1. The molecule has 1 saturated heterocycles. The monoisotopic (exact) mass is 438 g/mol. The summed E-state index contributed by atoms with van der Waals surface area (Å²) >= 11 is 0. The van der Waals surface area contributed by atoms with E-state index in [-0.39, 0.29) is 5.82 Å². The van der Waals surface area contributed by atoms with E-state index in [1.54, 1.807) is 24.5 Å². The zero-order valence-electron chi connectivity index (χ0n) is 18.8. The van der Waals surface area contributed by atoms with Gasteiger partial charge in [-0.05, 0) is 67.3 Å². The first-order valence-corrected chi connectivity index (χ1v) is 11.4. The molecule has 166 valence electrons. The molecule has 2 aromatic carbocycles. The number of pyridine rings is 1. The second kappa shape index (κ2) is 9.02. The van der Waals surface area contributed by atoms with Crippen molar-refractivity contribution in [2.45, 2.75) is 25.7 Å². The van der Waals surface area contributed by atoms with E-state index in [1.807, 2.05) is 12.1 Å². The number of piperidine rings is 1. The number of aromatic amines is 1. The number of nitrogens with one attached hydrogen (secondary N) is 1. The molecule has 0 saturated carbocycles. The van der Waals surface area contributed by atoms with Gasteiger partial charge in [0, 0.05) is 53.9 Å². The average molecular weight is 439 g/mol. The molecule has 4 aromatic rings. The lowest BCUT2D eigenvalue weighted by Crippen LogP contribution is -2.31. The van der Waals surface area contributed by atoms with Crippen molar-refractivity contribution < 1.29 is 4.39 Å². The summed E-state index contributed by atoms with van der Waals surface area (Å²) in [5.41, 5.74) is 8.56. The van der Waals surface area contributed by atoms with E-state index in [0.717, 1.165) is 59.7 Å². The maximum absolute atomic E-state index is 13.5. The molecule has 1 aliphatic heterocycles. The second-order valence-electron chi connectivity index (χ2n) is 8.68. The van der Waals surface area contributed by atoms with Gasteiger partial charge in [0.1, 0.15) is 11.5 Å². The first-order valence-electron chi connectivity index (χ1n) is 11.4. The van der Waals surface area contributed by atoms with E-state index < -0.39 is 0 Å². The second-order valence-corrected chi connectivity index (χ2v) is 8.68. The van der Waals surface area contributed by atoms with Crippen molar-refractivity contribution in [3.8, 4) is 22.4 Å². The number of likely N-dealkylation sites (tertiary alicyclic amines) is 1. The Morgan fingerprint density at radius 1 is 0.939 bits per heavy atom. The molecule has 5 heteroatoms. The van der Waals surface area contributed by atoms with Gasteiger partial charge >= 0.3 is 0 Å². The minimum absolute atomic E-state index is 0.249. The van der Waals surface area contributed by atoms with Gasteiger partial charge in [0.15, 0.2) is 0 Å². The quantitative estimate of drug-likeness (QED) is 0.390. The lowest BCUT2D eigenvalue weighted by atomic mass is 9.87. The summed E-state index contributed by atoms with van der Waals surface area (Å²) in [6, 6.07) is 19.1. The molecule has 0 amide bonds. The molecule has 33 heavy (non-hydrogen) atoms. The molecular weight excluding hydrogens is 411 g/mol. The summed E-state index contributed by atoms with van der Waals surface area (Å²) in [5, 5.41) is 8.01. The van der Waals surface area contributed by atoms with Gasteiger partial charge < -0.3 is 4.90 Å². The summed E-state index contributed by atoms with van der Waals surface area (Å²) in [6.45, 7) is 8.35. The van der Waals surface area contributed by atoms with Crippen LogP contribution in [0, 0.1) is 12.7 Å². The maximum atomic E-state index is 13.5. The molecule has 4 nitrogen and oxygen atoms in total. The van der Waals surface area contributed by atoms with E-state index >= 15 is 0 Å². The zero-order chi connectivity index (χ0) is 22.8. The largest absolute Gasteiger partial charge is 0.371 e. The Kier molecular flexibility index (Phi) is 5.78. The topological polar surface area (TPSA) is 44.8 Å². The van der Waals surface area contributed by atoms with Crippen LogP contribution in [0.15, 0.2) is 79.6 Å². The van der Waals surface area contributed by atoms with Crippen molar-refractivity contribution in [1.29, 1.82) is 0 Å². The highest BCUT2D eigenvalue weighted by atomic mass is 19.1. The number of benzene rings is 2. The summed E-state index contributed by atoms with van der Waals surface area (Å²) in [7, 11) is 0. The molecule has 3 heterocycles. The van der Waals surface area contributed by atoms with Gasteiger partial charge in [0.05, 0.1) is 0 Å². The number of nitrogens with zero attached hydrogens (tertiary/aromatic N) is 3. The van der Waals surface area contributed by atoms with Gasteiger partial charge in [-0.1, -0.05) is 36.4 Å². The number of rotatable bonds is 5. The van der Waals surface area contributed by atoms with Crippen LogP contribution in [-0.4, -0.2) is 33.2 Å². The Hall–Kier alpha value is -3.73. The number of halogens is 1. The van der Waals surface area contributed by atoms with Gasteiger partial charge in [0.25, 0.3) is 0 Å². The fourth-order valence-electron chi connectivity index (χ4n) is 4.64. The van der Waals surface area contributed by atoms with Gasteiger partial charge in [-0.15, -0.1) is 0 Å². The van der Waals surface area contributed by atoms with Crippen LogP contribution in [0.5, 0.6) is 0 Å². The number of hydrogen-bond donors (Lipinski definition) is 1. The molecule has 0 unspecified atom stereocenters. The van der Waals surface area contributed by atoms with Gasteiger partial charge in [0.2, 0.25) is 0 Å². The van der Waals surface area contributed by atoms with Gasteiger partial charge in [-0.2, -0.15) is 5.10 Å². The predicted molar refractivity (Wildman–Crippen MR) is 131 cm³/mol. The first-order chi connectivity index (χ1) is 16.1. The van der Waals surface area contributed by atoms with Crippen molar-refractivity contribution in [2.75, 3.05) is 13.1 Å². The van der Waals surface area contributed by atoms with Gasteiger partial charge in [-0.3, -0.25) is 10.1 Å². The van der Waals surface area contributed by atoms with Crippen LogP contribution < -0.4 is 0 Å². The van der Waals surface area contributed by atoms with Crippen LogP contribution in [0.4, 0.5) is 4.39 Å². The van der Waals surface area contributed by atoms with Crippen molar-refractivity contribution >= 4 is 5.70 Å². The maximum Gasteiger partial charge on any atom is 0.123 e. The van der Waals surface area contributed by atoms with Crippen molar-refractivity contribution in [3.63, 3.8) is 0 Å². The lowest BCUT2D eigenvalue weighted by molar-refractivity contribution is 0.297. The van der Waals surface area contributed by atoms with E-state index in [4.69, 9.17) is 0 Å². The highest BCUT2D eigenvalue weighted by Gasteiger charge is 2.27. The molecule has 1 fully saturated rings. The molecule has 0 atom stereocenters. The van der Waals surface area contributed by atoms with E-state index in [9.17, 15) is 4.39 Å². The molecule has 1 N–H and O–H groups in total. The highest BCUT2D eigenvalue weighted by Crippen LogP contribution is 2.40. The van der Waals surface area contributed by atoms with Crippen LogP contribution in [0.2, 0.25) is 0 Å². The van der Waals surface area contributed by atoms with E-state index in [0.29, 0.717) is 5.92 Å². The number of hydrogen-bond acceptors (Lipinski definition) is 3. The number of H-pyrrole nitrogens is 1. The SMILES string of the molecule is C=C(c1ccc(C)cc1)N1CCC(c2[nH]nc(-c3ccc(F)cc3)c2-c2ccncc2)CC1. The van der Waals surface area contributed by atoms with Crippen LogP contribution in [0.25, 0.3) is 28.1 Å². The van der Waals surface area contributed by atoms with Crippen LogP contribution in [0.3, 0.4) is 0 Å². The number of aromatic nitrogens is 3.